The average Bonchev–Trinajstić information content (AvgIpc) is 2.96. The van der Waals surface area contributed by atoms with Crippen LogP contribution in [0.2, 0.25) is 0 Å². The van der Waals surface area contributed by atoms with E-state index in [2.05, 4.69) is 30.1 Å². The Kier molecular flexibility index (Phi) is 9.26. The molecule has 1 aromatic carbocycles. The van der Waals surface area contributed by atoms with Gasteiger partial charge in [0.2, 0.25) is 5.95 Å². The van der Waals surface area contributed by atoms with Gasteiger partial charge >= 0.3 is 6.18 Å². The van der Waals surface area contributed by atoms with Crippen LogP contribution in [0.4, 0.5) is 39.4 Å². The van der Waals surface area contributed by atoms with Crippen molar-refractivity contribution in [3.05, 3.63) is 53.4 Å². The van der Waals surface area contributed by atoms with Crippen molar-refractivity contribution in [3.63, 3.8) is 0 Å². The Bertz CT molecular complexity index is 1470. The van der Waals surface area contributed by atoms with E-state index in [4.69, 9.17) is 4.74 Å². The molecule has 0 aliphatic carbocycles. The van der Waals surface area contributed by atoms with Crippen LogP contribution in [0.25, 0.3) is 11.3 Å². The van der Waals surface area contributed by atoms with Crippen LogP contribution in [0.5, 0.6) is 5.75 Å². The molecule has 3 aromatic rings. The predicted molar refractivity (Wildman–Crippen MR) is 159 cm³/mol. The van der Waals surface area contributed by atoms with Crippen molar-refractivity contribution >= 4 is 17.5 Å². The number of alkyl halides is 3. The number of nitrogens with zero attached hydrogens (tertiary/aromatic N) is 6. The monoisotopic (exact) mass is 619 g/mol. The second-order valence-corrected chi connectivity index (χ2v) is 12.0. The minimum absolute atomic E-state index is 0.0229. The highest BCUT2D eigenvalue weighted by atomic mass is 19.4. The third kappa shape index (κ3) is 7.04. The normalized spacial score (nSPS) is 18.1. The predicted octanol–water partition coefficient (Wildman–Crippen LogP) is 6.32. The zero-order valence-electron chi connectivity index (χ0n) is 25.5. The van der Waals surface area contributed by atoms with Gasteiger partial charge in [0, 0.05) is 24.7 Å². The van der Waals surface area contributed by atoms with Crippen molar-refractivity contribution in [2.75, 3.05) is 57.0 Å². The number of likely N-dealkylation sites (N-methyl/N-ethyl adjacent to an activating group) is 1. The molecule has 0 radical (unpaired) electrons. The highest BCUT2D eigenvalue weighted by Crippen LogP contribution is 2.41. The van der Waals surface area contributed by atoms with Gasteiger partial charge in [-0.05, 0) is 90.5 Å². The van der Waals surface area contributed by atoms with E-state index in [9.17, 15) is 17.6 Å². The number of hydrogen-bond donors (Lipinski definition) is 1. The number of fused-ring (bicyclic) bond motifs is 1. The summed E-state index contributed by atoms with van der Waals surface area (Å²) in [5.41, 5.74) is -0.399. The summed E-state index contributed by atoms with van der Waals surface area (Å²) in [6.07, 6.45) is -2.81. The maximum atomic E-state index is 15.2. The maximum Gasteiger partial charge on any atom is 0.433 e. The number of anilines is 3. The van der Waals surface area contributed by atoms with Gasteiger partial charge in [-0.2, -0.15) is 13.2 Å². The largest absolute Gasteiger partial charge is 0.484 e. The fourth-order valence-corrected chi connectivity index (χ4v) is 5.80. The Balaban J connectivity index is 1.40. The van der Waals surface area contributed by atoms with Gasteiger partial charge in [0.1, 0.15) is 23.3 Å². The molecular weight excluding hydrogens is 581 g/mol. The number of likely N-dealkylation sites (tertiary alicyclic amines) is 1. The number of aromatic nitrogens is 3. The Morgan fingerprint density at radius 3 is 2.45 bits per heavy atom. The third-order valence-corrected chi connectivity index (χ3v) is 8.07. The van der Waals surface area contributed by atoms with Crippen molar-refractivity contribution in [1.29, 1.82) is 0 Å². The van der Waals surface area contributed by atoms with Crippen LogP contribution in [-0.2, 0) is 6.18 Å². The number of halogens is 5. The molecule has 0 bridgehead atoms. The SMILES string of the molecule is CC1CN(C(C)C)c2cc(-c3nc(Nc4ccc(C5CCN(CCN(C)C)CC5)c(C(F)(F)F)n4)ncc3F)cc(F)c2O1. The molecule has 44 heavy (non-hydrogen) atoms. The van der Waals surface area contributed by atoms with Gasteiger partial charge < -0.3 is 24.8 Å². The highest BCUT2D eigenvalue weighted by molar-refractivity contribution is 5.73. The molecular formula is C31H38F5N7O. The van der Waals surface area contributed by atoms with E-state index in [1.807, 2.05) is 39.8 Å². The molecule has 1 N–H and O–H groups in total. The standard InChI is InChI=1S/C31H38F5N7O/c1-18(2)43-17-19(3)44-28-23(32)14-21(15-25(28)43)27-24(33)16-37-30(40-27)39-26-7-6-22(29(38-26)31(34,35)36)20-8-10-42(11-9-20)13-12-41(4)5/h6-7,14-16,18-20H,8-13,17H2,1-5H3,(H,37,38,39,40). The Hall–Kier alpha value is -3.58. The van der Waals surface area contributed by atoms with Crippen LogP contribution in [0.1, 0.15) is 50.8 Å². The number of benzene rings is 1. The lowest BCUT2D eigenvalue weighted by Gasteiger charge is -2.38. The van der Waals surface area contributed by atoms with E-state index in [1.54, 1.807) is 6.07 Å². The number of piperidine rings is 1. The van der Waals surface area contributed by atoms with E-state index in [-0.39, 0.29) is 52.4 Å². The zero-order chi connectivity index (χ0) is 31.8. The minimum Gasteiger partial charge on any atom is -0.484 e. The molecule has 8 nitrogen and oxygen atoms in total. The molecule has 13 heteroatoms. The van der Waals surface area contributed by atoms with Gasteiger partial charge in [0.25, 0.3) is 0 Å². The molecule has 1 fully saturated rings. The Labute approximate surface area is 254 Å². The average molecular weight is 620 g/mol. The summed E-state index contributed by atoms with van der Waals surface area (Å²) >= 11 is 0. The Morgan fingerprint density at radius 1 is 1.07 bits per heavy atom. The summed E-state index contributed by atoms with van der Waals surface area (Å²) in [6, 6.07) is 5.65. The smallest absolute Gasteiger partial charge is 0.433 e. The molecule has 0 amide bonds. The van der Waals surface area contributed by atoms with Crippen LogP contribution in [-0.4, -0.2) is 83.7 Å². The van der Waals surface area contributed by atoms with E-state index < -0.39 is 23.5 Å². The van der Waals surface area contributed by atoms with Crippen LogP contribution in [0, 0.1) is 11.6 Å². The molecule has 4 heterocycles. The molecule has 5 rings (SSSR count). The molecule has 238 valence electrons. The third-order valence-electron chi connectivity index (χ3n) is 8.07. The van der Waals surface area contributed by atoms with Crippen molar-refractivity contribution in [1.82, 2.24) is 24.8 Å². The van der Waals surface area contributed by atoms with Crippen molar-refractivity contribution < 1.29 is 26.7 Å². The molecule has 1 saturated heterocycles. The van der Waals surface area contributed by atoms with E-state index in [0.717, 1.165) is 25.4 Å². The molecule has 1 atom stereocenters. The fourth-order valence-electron chi connectivity index (χ4n) is 5.80. The molecule has 2 aliphatic heterocycles. The lowest BCUT2D eigenvalue weighted by molar-refractivity contribution is -0.142. The first-order chi connectivity index (χ1) is 20.8. The summed E-state index contributed by atoms with van der Waals surface area (Å²) < 4.78 is 78.5. The van der Waals surface area contributed by atoms with Crippen molar-refractivity contribution in [3.8, 4) is 17.0 Å². The first-order valence-corrected chi connectivity index (χ1v) is 14.8. The van der Waals surface area contributed by atoms with Gasteiger partial charge in [0.15, 0.2) is 17.4 Å². The number of ether oxygens (including phenoxy) is 1. The molecule has 0 spiro atoms. The number of rotatable bonds is 8. The first-order valence-electron chi connectivity index (χ1n) is 14.8. The quantitative estimate of drug-likeness (QED) is 0.294. The Morgan fingerprint density at radius 2 is 1.80 bits per heavy atom. The number of hydrogen-bond acceptors (Lipinski definition) is 8. The summed E-state index contributed by atoms with van der Waals surface area (Å²) in [5, 5.41) is 2.69. The van der Waals surface area contributed by atoms with Gasteiger partial charge in [-0.1, -0.05) is 6.07 Å². The summed E-state index contributed by atoms with van der Waals surface area (Å²) in [5.74, 6) is -1.98. The number of pyridine rings is 1. The van der Waals surface area contributed by atoms with Crippen molar-refractivity contribution in [2.45, 2.75) is 57.9 Å². The van der Waals surface area contributed by atoms with Gasteiger partial charge in [-0.15, -0.1) is 0 Å². The van der Waals surface area contributed by atoms with Crippen LogP contribution >= 0.6 is 0 Å². The van der Waals surface area contributed by atoms with Gasteiger partial charge in [-0.3, -0.25) is 0 Å². The molecule has 1 unspecified atom stereocenters. The molecule has 0 saturated carbocycles. The number of nitrogens with one attached hydrogen (secondary N) is 1. The zero-order valence-corrected chi connectivity index (χ0v) is 25.5. The topological polar surface area (TPSA) is 69.7 Å². The van der Waals surface area contributed by atoms with Gasteiger partial charge in [-0.25, -0.2) is 23.7 Å². The lowest BCUT2D eigenvalue weighted by atomic mass is 9.88. The minimum atomic E-state index is -4.67. The van der Waals surface area contributed by atoms with Crippen LogP contribution in [0.3, 0.4) is 0 Å². The van der Waals surface area contributed by atoms with E-state index in [1.165, 1.54) is 12.1 Å². The second-order valence-electron chi connectivity index (χ2n) is 12.0. The highest BCUT2D eigenvalue weighted by Gasteiger charge is 2.38. The summed E-state index contributed by atoms with van der Waals surface area (Å²) in [4.78, 5) is 18.3. The summed E-state index contributed by atoms with van der Waals surface area (Å²) in [7, 11) is 3.98. The maximum absolute atomic E-state index is 15.2. The second kappa shape index (κ2) is 12.8. The van der Waals surface area contributed by atoms with Crippen molar-refractivity contribution in [2.24, 2.45) is 0 Å². The first kappa shape index (κ1) is 31.8. The van der Waals surface area contributed by atoms with Crippen LogP contribution in [0.15, 0.2) is 30.5 Å². The summed E-state index contributed by atoms with van der Waals surface area (Å²) in [6.45, 7) is 9.47. The van der Waals surface area contributed by atoms with Gasteiger partial charge in [0.05, 0.1) is 18.4 Å². The molecule has 2 aliphatic rings. The van der Waals surface area contributed by atoms with E-state index in [0.29, 0.717) is 38.2 Å². The van der Waals surface area contributed by atoms with E-state index >= 15 is 4.39 Å². The lowest BCUT2D eigenvalue weighted by Crippen LogP contribution is -2.42. The van der Waals surface area contributed by atoms with Crippen LogP contribution < -0.4 is 15.0 Å². The fraction of sp³-hybridized carbons (Fsp3) is 0.516. The molecule has 2 aromatic heterocycles.